The summed E-state index contributed by atoms with van der Waals surface area (Å²) in [5, 5.41) is 6.77. The number of fused-ring (bicyclic) bond motifs is 1. The van der Waals surface area contributed by atoms with E-state index in [-0.39, 0.29) is 17.9 Å². The minimum Gasteiger partial charge on any atom is -0.370 e. The Balaban J connectivity index is 1.69. The van der Waals surface area contributed by atoms with Gasteiger partial charge in [-0.25, -0.2) is 0 Å². The van der Waals surface area contributed by atoms with E-state index in [2.05, 4.69) is 15.5 Å². The van der Waals surface area contributed by atoms with Gasteiger partial charge in [0.15, 0.2) is 5.78 Å². The lowest BCUT2D eigenvalue weighted by atomic mass is 9.94. The maximum atomic E-state index is 12.4. The van der Waals surface area contributed by atoms with Gasteiger partial charge in [0.1, 0.15) is 6.10 Å². The Morgan fingerprint density at radius 3 is 3.00 bits per heavy atom. The molecule has 0 bridgehead atoms. The molecule has 2 N–H and O–H groups in total. The summed E-state index contributed by atoms with van der Waals surface area (Å²) >= 11 is 0. The van der Waals surface area contributed by atoms with Crippen molar-refractivity contribution < 1.29 is 9.53 Å². The van der Waals surface area contributed by atoms with Crippen molar-refractivity contribution in [2.75, 3.05) is 39.3 Å². The first-order chi connectivity index (χ1) is 8.36. The molecule has 3 fully saturated rings. The predicted molar refractivity (Wildman–Crippen MR) is 64.0 cm³/mol. The highest BCUT2D eigenvalue weighted by atomic mass is 16.5. The molecule has 0 aromatic rings. The highest BCUT2D eigenvalue weighted by Gasteiger charge is 2.40. The molecule has 0 aromatic heterocycles. The van der Waals surface area contributed by atoms with E-state index in [4.69, 9.17) is 4.74 Å². The van der Waals surface area contributed by atoms with E-state index in [1.54, 1.807) is 0 Å². The number of ether oxygens (including phenoxy) is 1. The summed E-state index contributed by atoms with van der Waals surface area (Å²) in [6, 6.07) is 0.272. The molecule has 0 radical (unpaired) electrons. The molecule has 3 rings (SSSR count). The van der Waals surface area contributed by atoms with E-state index >= 15 is 0 Å². The van der Waals surface area contributed by atoms with Crippen molar-refractivity contribution in [1.82, 2.24) is 15.5 Å². The van der Waals surface area contributed by atoms with Crippen molar-refractivity contribution in [3.63, 3.8) is 0 Å². The lowest BCUT2D eigenvalue weighted by Crippen LogP contribution is -2.68. The molecule has 3 saturated heterocycles. The number of hydrogen-bond acceptors (Lipinski definition) is 5. The Bertz CT molecular complexity index is 289. The topological polar surface area (TPSA) is 53.6 Å². The summed E-state index contributed by atoms with van der Waals surface area (Å²) in [7, 11) is 0. The Morgan fingerprint density at radius 1 is 1.29 bits per heavy atom. The summed E-state index contributed by atoms with van der Waals surface area (Å²) in [6.07, 6.45) is 1.77. The van der Waals surface area contributed by atoms with Gasteiger partial charge >= 0.3 is 0 Å². The Hall–Kier alpha value is -0.490. The van der Waals surface area contributed by atoms with Crippen LogP contribution in [0.4, 0.5) is 0 Å². The Kier molecular flexibility index (Phi) is 3.42. The standard InChI is InChI=1S/C12H21N3O2/c16-12(10-2-1-7-17-10)11-9-8-13-3-5-15(9)6-4-14-11/h9-11,13-14H,1-8H2/t9?,10-,11?/m1/s1. The highest BCUT2D eigenvalue weighted by molar-refractivity contribution is 5.89. The molecule has 5 heteroatoms. The molecule has 0 aromatic carbocycles. The molecule has 0 saturated carbocycles. The zero-order valence-electron chi connectivity index (χ0n) is 10.2. The number of nitrogens with zero attached hydrogens (tertiary/aromatic N) is 1. The largest absolute Gasteiger partial charge is 0.370 e. The lowest BCUT2D eigenvalue weighted by Gasteiger charge is -2.44. The number of ketones is 1. The summed E-state index contributed by atoms with van der Waals surface area (Å²) in [5.41, 5.74) is 0. The number of hydrogen-bond donors (Lipinski definition) is 2. The van der Waals surface area contributed by atoms with Crippen molar-refractivity contribution in [3.05, 3.63) is 0 Å². The quantitative estimate of drug-likeness (QED) is 0.646. The van der Waals surface area contributed by atoms with Gasteiger partial charge in [-0.3, -0.25) is 9.69 Å². The van der Waals surface area contributed by atoms with Gasteiger partial charge in [0.2, 0.25) is 0 Å². The molecular formula is C12H21N3O2. The van der Waals surface area contributed by atoms with Gasteiger partial charge in [0.05, 0.1) is 6.04 Å². The molecule has 5 nitrogen and oxygen atoms in total. The monoisotopic (exact) mass is 239 g/mol. The number of carbonyl (C=O) groups excluding carboxylic acids is 1. The second-order valence-electron chi connectivity index (χ2n) is 5.14. The van der Waals surface area contributed by atoms with Crippen LogP contribution in [-0.2, 0) is 9.53 Å². The smallest absolute Gasteiger partial charge is 0.180 e. The van der Waals surface area contributed by atoms with E-state index in [9.17, 15) is 4.79 Å². The number of nitrogens with one attached hydrogen (secondary N) is 2. The molecule has 0 spiro atoms. The fourth-order valence-electron chi connectivity index (χ4n) is 3.17. The first-order valence-electron chi connectivity index (χ1n) is 6.70. The third-order valence-corrected chi connectivity index (χ3v) is 4.10. The van der Waals surface area contributed by atoms with Crippen LogP contribution in [0, 0.1) is 0 Å². The lowest BCUT2D eigenvalue weighted by molar-refractivity contribution is -0.133. The summed E-state index contributed by atoms with van der Waals surface area (Å²) in [6.45, 7) is 5.73. The fraction of sp³-hybridized carbons (Fsp3) is 0.917. The first kappa shape index (κ1) is 11.6. The number of piperazine rings is 2. The van der Waals surface area contributed by atoms with Crippen molar-refractivity contribution >= 4 is 5.78 Å². The van der Waals surface area contributed by atoms with Gasteiger partial charge in [-0.2, -0.15) is 0 Å². The van der Waals surface area contributed by atoms with Gasteiger partial charge < -0.3 is 15.4 Å². The third kappa shape index (κ3) is 2.25. The molecular weight excluding hydrogens is 218 g/mol. The van der Waals surface area contributed by atoms with Crippen LogP contribution in [0.25, 0.3) is 0 Å². The SMILES string of the molecule is O=C(C1NCCN2CCNCC12)[C@H]1CCCO1. The normalized spacial score (nSPS) is 38.9. The van der Waals surface area contributed by atoms with Crippen LogP contribution in [0.3, 0.4) is 0 Å². The molecule has 0 amide bonds. The third-order valence-electron chi connectivity index (χ3n) is 4.10. The van der Waals surface area contributed by atoms with Gasteiger partial charge in [-0.1, -0.05) is 0 Å². The maximum Gasteiger partial charge on any atom is 0.180 e. The Morgan fingerprint density at radius 2 is 2.18 bits per heavy atom. The zero-order chi connectivity index (χ0) is 11.7. The second-order valence-corrected chi connectivity index (χ2v) is 5.14. The van der Waals surface area contributed by atoms with E-state index in [0.717, 1.165) is 52.2 Å². The molecule has 3 heterocycles. The van der Waals surface area contributed by atoms with E-state index in [0.29, 0.717) is 6.04 Å². The molecule has 2 unspecified atom stereocenters. The zero-order valence-corrected chi connectivity index (χ0v) is 10.2. The van der Waals surface area contributed by atoms with Crippen molar-refractivity contribution in [2.24, 2.45) is 0 Å². The predicted octanol–water partition coefficient (Wildman–Crippen LogP) is -1.02. The molecule has 3 aliphatic rings. The number of Topliss-reactive ketones (excluding diaryl/α,β-unsaturated/α-hetero) is 1. The summed E-state index contributed by atoms with van der Waals surface area (Å²) < 4.78 is 5.52. The van der Waals surface area contributed by atoms with Crippen LogP contribution in [0.2, 0.25) is 0 Å². The van der Waals surface area contributed by atoms with Gasteiger partial charge in [-0.15, -0.1) is 0 Å². The van der Waals surface area contributed by atoms with Crippen LogP contribution in [-0.4, -0.2) is 68.2 Å². The van der Waals surface area contributed by atoms with Crippen molar-refractivity contribution in [2.45, 2.75) is 31.0 Å². The van der Waals surface area contributed by atoms with Gasteiger partial charge in [-0.05, 0) is 12.8 Å². The summed E-state index contributed by atoms with van der Waals surface area (Å²) in [4.78, 5) is 14.8. The van der Waals surface area contributed by atoms with Crippen molar-refractivity contribution in [1.29, 1.82) is 0 Å². The van der Waals surface area contributed by atoms with E-state index in [1.165, 1.54) is 0 Å². The Labute approximate surface area is 102 Å². The average molecular weight is 239 g/mol. The average Bonchev–Trinajstić information content (AvgIpc) is 2.91. The highest BCUT2D eigenvalue weighted by Crippen LogP contribution is 2.19. The molecule has 3 atom stereocenters. The molecule has 17 heavy (non-hydrogen) atoms. The molecule has 96 valence electrons. The number of rotatable bonds is 2. The van der Waals surface area contributed by atoms with Crippen LogP contribution < -0.4 is 10.6 Å². The minimum absolute atomic E-state index is 0.0420. The van der Waals surface area contributed by atoms with E-state index < -0.39 is 0 Å². The van der Waals surface area contributed by atoms with E-state index in [1.807, 2.05) is 0 Å². The van der Waals surface area contributed by atoms with Gasteiger partial charge in [0.25, 0.3) is 0 Å². The van der Waals surface area contributed by atoms with Gasteiger partial charge in [0, 0.05) is 45.4 Å². The van der Waals surface area contributed by atoms with Crippen LogP contribution >= 0.6 is 0 Å². The maximum absolute atomic E-state index is 12.4. The fourth-order valence-corrected chi connectivity index (χ4v) is 3.17. The molecule has 0 aliphatic carbocycles. The summed E-state index contributed by atoms with van der Waals surface area (Å²) in [5.74, 6) is 0.265. The first-order valence-corrected chi connectivity index (χ1v) is 6.70. The van der Waals surface area contributed by atoms with Crippen molar-refractivity contribution in [3.8, 4) is 0 Å². The number of carbonyl (C=O) groups is 1. The van der Waals surface area contributed by atoms with Crippen LogP contribution in [0.1, 0.15) is 12.8 Å². The second kappa shape index (κ2) is 5.02. The molecule has 3 aliphatic heterocycles. The van der Waals surface area contributed by atoms with Crippen LogP contribution in [0.5, 0.6) is 0 Å². The van der Waals surface area contributed by atoms with Crippen LogP contribution in [0.15, 0.2) is 0 Å². The minimum atomic E-state index is -0.158.